The fourth-order valence-corrected chi connectivity index (χ4v) is 2.25. The molecule has 0 atom stereocenters. The first-order valence-corrected chi connectivity index (χ1v) is 6.53. The summed E-state index contributed by atoms with van der Waals surface area (Å²) in [5.74, 6) is -0.903. The van der Waals surface area contributed by atoms with E-state index in [9.17, 15) is 9.90 Å². The predicted molar refractivity (Wildman–Crippen MR) is 73.1 cm³/mol. The average Bonchev–Trinajstić information content (AvgIpc) is 3.15. The Bertz CT molecular complexity index is 441. The molecule has 0 aliphatic heterocycles. The second-order valence-electron chi connectivity index (χ2n) is 4.83. The van der Waals surface area contributed by atoms with E-state index in [1.807, 2.05) is 0 Å². The quantitative estimate of drug-likeness (QED) is 0.760. The number of nitrogens with two attached hydrogens (primary N) is 1. The zero-order valence-corrected chi connectivity index (χ0v) is 10.7. The number of rotatable bonds is 6. The predicted octanol–water partition coefficient (Wildman–Crippen LogP) is 2.74. The minimum atomic E-state index is -0.903. The zero-order chi connectivity index (χ0) is 13.1. The monoisotopic (exact) mass is 248 g/mol. The highest BCUT2D eigenvalue weighted by molar-refractivity contribution is 5.98. The van der Waals surface area contributed by atoms with Crippen molar-refractivity contribution in [2.24, 2.45) is 0 Å². The van der Waals surface area contributed by atoms with Crippen LogP contribution < -0.4 is 10.6 Å². The molecular formula is C14H20N2O2. The lowest BCUT2D eigenvalue weighted by Crippen LogP contribution is -2.29. The Kier molecular flexibility index (Phi) is 3.75. The molecule has 0 radical (unpaired) electrons. The van der Waals surface area contributed by atoms with Crippen LogP contribution in [0.25, 0.3) is 0 Å². The number of nitrogen functional groups attached to an aromatic ring is 1. The van der Waals surface area contributed by atoms with Crippen molar-refractivity contribution in [2.45, 2.75) is 38.6 Å². The third kappa shape index (κ3) is 2.58. The van der Waals surface area contributed by atoms with Gasteiger partial charge in [0.25, 0.3) is 0 Å². The number of nitrogens with zero attached hydrogens (tertiary/aromatic N) is 1. The molecule has 4 heteroatoms. The van der Waals surface area contributed by atoms with Crippen molar-refractivity contribution in [3.8, 4) is 0 Å². The van der Waals surface area contributed by atoms with Crippen molar-refractivity contribution in [2.75, 3.05) is 17.2 Å². The number of para-hydroxylation sites is 1. The molecular weight excluding hydrogens is 228 g/mol. The Morgan fingerprint density at radius 2 is 2.22 bits per heavy atom. The van der Waals surface area contributed by atoms with Crippen LogP contribution >= 0.6 is 0 Å². The van der Waals surface area contributed by atoms with E-state index in [1.54, 1.807) is 18.2 Å². The van der Waals surface area contributed by atoms with E-state index in [4.69, 9.17) is 5.73 Å². The summed E-state index contributed by atoms with van der Waals surface area (Å²) in [6.07, 6.45) is 4.43. The van der Waals surface area contributed by atoms with Crippen molar-refractivity contribution in [1.29, 1.82) is 0 Å². The summed E-state index contributed by atoms with van der Waals surface area (Å²) in [6.45, 7) is 3.02. The molecule has 0 bridgehead atoms. The maximum atomic E-state index is 11.3. The number of carboxylic acids is 1. The van der Waals surface area contributed by atoms with E-state index < -0.39 is 5.97 Å². The first kappa shape index (κ1) is 12.7. The molecule has 1 aliphatic carbocycles. The van der Waals surface area contributed by atoms with E-state index in [0.717, 1.165) is 32.2 Å². The maximum Gasteiger partial charge on any atom is 0.337 e. The van der Waals surface area contributed by atoms with Crippen LogP contribution in [0.4, 0.5) is 11.4 Å². The van der Waals surface area contributed by atoms with Crippen molar-refractivity contribution in [3.63, 3.8) is 0 Å². The highest BCUT2D eigenvalue weighted by atomic mass is 16.4. The number of unbranched alkanes of at least 4 members (excludes halogenated alkanes) is 1. The summed E-state index contributed by atoms with van der Waals surface area (Å²) in [5.41, 5.74) is 7.59. The van der Waals surface area contributed by atoms with Crippen LogP contribution in [-0.2, 0) is 0 Å². The molecule has 1 aliphatic rings. The highest BCUT2D eigenvalue weighted by Crippen LogP contribution is 2.37. The lowest BCUT2D eigenvalue weighted by atomic mass is 10.1. The smallest absolute Gasteiger partial charge is 0.337 e. The van der Waals surface area contributed by atoms with Gasteiger partial charge in [-0.2, -0.15) is 0 Å². The summed E-state index contributed by atoms with van der Waals surface area (Å²) in [4.78, 5) is 13.5. The number of anilines is 2. The van der Waals surface area contributed by atoms with E-state index in [0.29, 0.717) is 23.0 Å². The lowest BCUT2D eigenvalue weighted by Gasteiger charge is -2.27. The molecule has 1 fully saturated rings. The molecule has 18 heavy (non-hydrogen) atoms. The summed E-state index contributed by atoms with van der Waals surface area (Å²) < 4.78 is 0. The number of carboxylic acid groups (broad SMARTS) is 1. The van der Waals surface area contributed by atoms with Gasteiger partial charge < -0.3 is 15.7 Å². The van der Waals surface area contributed by atoms with E-state index in [-0.39, 0.29) is 0 Å². The van der Waals surface area contributed by atoms with Crippen LogP contribution in [0, 0.1) is 0 Å². The van der Waals surface area contributed by atoms with E-state index in [2.05, 4.69) is 11.8 Å². The topological polar surface area (TPSA) is 66.6 Å². The Morgan fingerprint density at radius 3 is 2.78 bits per heavy atom. The largest absolute Gasteiger partial charge is 0.478 e. The minimum Gasteiger partial charge on any atom is -0.478 e. The molecule has 0 amide bonds. The third-order valence-electron chi connectivity index (χ3n) is 3.33. The number of hydrogen-bond acceptors (Lipinski definition) is 3. The number of carbonyl (C=O) groups is 1. The van der Waals surface area contributed by atoms with Gasteiger partial charge in [-0.1, -0.05) is 19.4 Å². The normalized spacial score (nSPS) is 14.5. The molecule has 1 saturated carbocycles. The number of benzene rings is 1. The lowest BCUT2D eigenvalue weighted by molar-refractivity contribution is 0.0697. The van der Waals surface area contributed by atoms with Gasteiger partial charge in [-0.05, 0) is 31.4 Å². The van der Waals surface area contributed by atoms with Crippen molar-refractivity contribution < 1.29 is 9.90 Å². The molecule has 0 aromatic heterocycles. The first-order chi connectivity index (χ1) is 8.65. The highest BCUT2D eigenvalue weighted by Gasteiger charge is 2.32. The Hall–Kier alpha value is -1.71. The number of aromatic carboxylic acids is 1. The maximum absolute atomic E-state index is 11.3. The Labute approximate surface area is 107 Å². The van der Waals surface area contributed by atoms with Crippen LogP contribution in [0.3, 0.4) is 0 Å². The molecule has 2 rings (SSSR count). The molecule has 0 unspecified atom stereocenters. The molecule has 98 valence electrons. The molecule has 0 saturated heterocycles. The van der Waals surface area contributed by atoms with Crippen LogP contribution in [0.2, 0.25) is 0 Å². The standard InChI is InChI=1S/C14H20N2O2/c1-2-3-9-16(10-7-8-10)13-11(14(17)18)5-4-6-12(13)15/h4-6,10H,2-3,7-9,15H2,1H3,(H,17,18). The van der Waals surface area contributed by atoms with Gasteiger partial charge in [0, 0.05) is 12.6 Å². The SMILES string of the molecule is CCCCN(c1c(N)cccc1C(=O)O)C1CC1. The van der Waals surface area contributed by atoms with Gasteiger partial charge in [0.1, 0.15) is 0 Å². The average molecular weight is 248 g/mol. The molecule has 3 N–H and O–H groups in total. The van der Waals surface area contributed by atoms with Gasteiger partial charge in [-0.15, -0.1) is 0 Å². The molecule has 1 aromatic carbocycles. The van der Waals surface area contributed by atoms with Crippen LogP contribution in [0.1, 0.15) is 43.0 Å². The second kappa shape index (κ2) is 5.29. The Morgan fingerprint density at radius 1 is 1.50 bits per heavy atom. The fraction of sp³-hybridized carbons (Fsp3) is 0.500. The van der Waals surface area contributed by atoms with E-state index in [1.165, 1.54) is 0 Å². The van der Waals surface area contributed by atoms with Gasteiger partial charge in [0.15, 0.2) is 0 Å². The van der Waals surface area contributed by atoms with Gasteiger partial charge in [0.05, 0.1) is 16.9 Å². The molecule has 4 nitrogen and oxygen atoms in total. The van der Waals surface area contributed by atoms with Crippen molar-refractivity contribution >= 4 is 17.3 Å². The molecule has 0 heterocycles. The van der Waals surface area contributed by atoms with Crippen LogP contribution in [-0.4, -0.2) is 23.7 Å². The van der Waals surface area contributed by atoms with Crippen molar-refractivity contribution in [3.05, 3.63) is 23.8 Å². The Balaban J connectivity index is 2.36. The van der Waals surface area contributed by atoms with E-state index >= 15 is 0 Å². The number of hydrogen-bond donors (Lipinski definition) is 2. The van der Waals surface area contributed by atoms with Gasteiger partial charge in [-0.3, -0.25) is 0 Å². The van der Waals surface area contributed by atoms with Gasteiger partial charge in [0.2, 0.25) is 0 Å². The summed E-state index contributed by atoms with van der Waals surface area (Å²) in [6, 6.07) is 5.59. The van der Waals surface area contributed by atoms with Crippen molar-refractivity contribution in [1.82, 2.24) is 0 Å². The van der Waals surface area contributed by atoms with Gasteiger partial charge in [-0.25, -0.2) is 4.79 Å². The second-order valence-corrected chi connectivity index (χ2v) is 4.83. The zero-order valence-electron chi connectivity index (χ0n) is 10.7. The molecule has 0 spiro atoms. The third-order valence-corrected chi connectivity index (χ3v) is 3.33. The summed E-state index contributed by atoms with van der Waals surface area (Å²) >= 11 is 0. The molecule has 1 aromatic rings. The summed E-state index contributed by atoms with van der Waals surface area (Å²) in [7, 11) is 0. The first-order valence-electron chi connectivity index (χ1n) is 6.53. The minimum absolute atomic E-state index is 0.318. The van der Waals surface area contributed by atoms with Crippen LogP contribution in [0.5, 0.6) is 0 Å². The van der Waals surface area contributed by atoms with Gasteiger partial charge >= 0.3 is 5.97 Å². The summed E-state index contributed by atoms with van der Waals surface area (Å²) in [5, 5.41) is 9.28. The fourth-order valence-electron chi connectivity index (χ4n) is 2.25. The van der Waals surface area contributed by atoms with Crippen LogP contribution in [0.15, 0.2) is 18.2 Å².